The first-order valence-corrected chi connectivity index (χ1v) is 4.44. The summed E-state index contributed by atoms with van der Waals surface area (Å²) in [5.41, 5.74) is 7.89. The summed E-state index contributed by atoms with van der Waals surface area (Å²) in [6, 6.07) is 4.17. The second kappa shape index (κ2) is 3.18. The summed E-state index contributed by atoms with van der Waals surface area (Å²) in [7, 11) is 0. The maximum absolute atomic E-state index is 5.49. The largest absolute Gasteiger partial charge is 0.330 e. The highest BCUT2D eigenvalue weighted by atomic mass is 15.0. The Morgan fingerprint density at radius 2 is 2.31 bits per heavy atom. The van der Waals surface area contributed by atoms with Crippen LogP contribution in [-0.2, 0) is 6.42 Å². The van der Waals surface area contributed by atoms with Gasteiger partial charge in [0.25, 0.3) is 0 Å². The molecule has 0 aromatic carbocycles. The molecule has 2 aromatic heterocycles. The number of nitrogens with two attached hydrogens (primary N) is 1. The summed E-state index contributed by atoms with van der Waals surface area (Å²) < 4.78 is 2.09. The molecule has 0 atom stereocenters. The number of aromatic nitrogens is 2. The van der Waals surface area contributed by atoms with Crippen LogP contribution in [0.15, 0.2) is 24.5 Å². The average Bonchev–Trinajstić information content (AvgIpc) is 2.49. The van der Waals surface area contributed by atoms with Gasteiger partial charge in [-0.1, -0.05) is 6.07 Å². The van der Waals surface area contributed by atoms with Crippen molar-refractivity contribution in [3.8, 4) is 0 Å². The van der Waals surface area contributed by atoms with Crippen molar-refractivity contribution >= 4 is 5.52 Å². The summed E-state index contributed by atoms with van der Waals surface area (Å²) >= 11 is 0. The van der Waals surface area contributed by atoms with Gasteiger partial charge in [0.05, 0.1) is 11.7 Å². The number of nitrogens with zero attached hydrogens (tertiary/aromatic N) is 2. The zero-order chi connectivity index (χ0) is 9.26. The van der Waals surface area contributed by atoms with Crippen LogP contribution in [-0.4, -0.2) is 15.9 Å². The number of imidazole rings is 1. The third kappa shape index (κ3) is 1.42. The molecule has 68 valence electrons. The van der Waals surface area contributed by atoms with Crippen molar-refractivity contribution in [1.82, 2.24) is 9.38 Å². The molecule has 0 spiro atoms. The maximum atomic E-state index is 5.49. The van der Waals surface area contributed by atoms with Crippen molar-refractivity contribution in [2.45, 2.75) is 13.3 Å². The monoisotopic (exact) mass is 175 g/mol. The maximum Gasteiger partial charge on any atom is 0.110 e. The molecule has 0 aliphatic heterocycles. The van der Waals surface area contributed by atoms with Crippen LogP contribution >= 0.6 is 0 Å². The highest BCUT2D eigenvalue weighted by Gasteiger charge is 1.98. The lowest BCUT2D eigenvalue weighted by atomic mass is 10.2. The zero-order valence-electron chi connectivity index (χ0n) is 7.70. The molecule has 2 aromatic rings. The molecule has 0 amide bonds. The number of aryl methyl sites for hydroxylation is 1. The van der Waals surface area contributed by atoms with E-state index in [1.54, 1.807) is 0 Å². The predicted molar refractivity (Wildman–Crippen MR) is 52.7 cm³/mol. The van der Waals surface area contributed by atoms with Gasteiger partial charge in [0.15, 0.2) is 0 Å². The van der Waals surface area contributed by atoms with E-state index < -0.39 is 0 Å². The minimum atomic E-state index is 0.694. The van der Waals surface area contributed by atoms with Gasteiger partial charge in [0.2, 0.25) is 0 Å². The van der Waals surface area contributed by atoms with E-state index in [4.69, 9.17) is 5.73 Å². The molecule has 0 aliphatic rings. The normalized spacial score (nSPS) is 10.9. The van der Waals surface area contributed by atoms with Crippen LogP contribution in [0.25, 0.3) is 5.52 Å². The molecule has 3 heteroatoms. The molecule has 0 saturated carbocycles. The van der Waals surface area contributed by atoms with E-state index in [1.165, 1.54) is 5.56 Å². The van der Waals surface area contributed by atoms with Gasteiger partial charge < -0.3 is 10.1 Å². The molecule has 13 heavy (non-hydrogen) atoms. The van der Waals surface area contributed by atoms with E-state index in [9.17, 15) is 0 Å². The van der Waals surface area contributed by atoms with E-state index >= 15 is 0 Å². The first-order valence-electron chi connectivity index (χ1n) is 4.44. The van der Waals surface area contributed by atoms with E-state index in [0.29, 0.717) is 6.54 Å². The number of pyridine rings is 1. The Morgan fingerprint density at radius 1 is 1.46 bits per heavy atom. The molecular weight excluding hydrogens is 162 g/mol. The van der Waals surface area contributed by atoms with Crippen LogP contribution < -0.4 is 5.73 Å². The SMILES string of the molecule is Cc1ncc2ccc(CCN)cn12. The smallest absolute Gasteiger partial charge is 0.110 e. The Labute approximate surface area is 77.2 Å². The van der Waals surface area contributed by atoms with Gasteiger partial charge in [0, 0.05) is 6.20 Å². The molecular formula is C10H13N3. The van der Waals surface area contributed by atoms with Crippen molar-refractivity contribution in [1.29, 1.82) is 0 Å². The second-order valence-corrected chi connectivity index (χ2v) is 3.18. The fraction of sp³-hybridized carbons (Fsp3) is 0.300. The Morgan fingerprint density at radius 3 is 3.08 bits per heavy atom. The van der Waals surface area contributed by atoms with Gasteiger partial charge in [-0.25, -0.2) is 4.98 Å². The lowest BCUT2D eigenvalue weighted by molar-refractivity contribution is 0.940. The summed E-state index contributed by atoms with van der Waals surface area (Å²) in [6.45, 7) is 2.69. The average molecular weight is 175 g/mol. The minimum Gasteiger partial charge on any atom is -0.330 e. The number of fused-ring (bicyclic) bond motifs is 1. The summed E-state index contributed by atoms with van der Waals surface area (Å²) in [6.07, 6.45) is 4.90. The highest BCUT2D eigenvalue weighted by molar-refractivity contribution is 5.46. The predicted octanol–water partition coefficient (Wildman–Crippen LogP) is 1.14. The molecule has 0 fully saturated rings. The van der Waals surface area contributed by atoms with E-state index in [2.05, 4.69) is 27.7 Å². The van der Waals surface area contributed by atoms with Crippen molar-refractivity contribution < 1.29 is 0 Å². The van der Waals surface area contributed by atoms with E-state index in [1.807, 2.05) is 13.1 Å². The summed E-state index contributed by atoms with van der Waals surface area (Å²) in [5.74, 6) is 1.02. The lowest BCUT2D eigenvalue weighted by Crippen LogP contribution is -2.03. The van der Waals surface area contributed by atoms with Crippen molar-refractivity contribution in [3.63, 3.8) is 0 Å². The van der Waals surface area contributed by atoms with Gasteiger partial charge in [-0.2, -0.15) is 0 Å². The van der Waals surface area contributed by atoms with Crippen LogP contribution in [0.1, 0.15) is 11.4 Å². The van der Waals surface area contributed by atoms with Crippen molar-refractivity contribution in [3.05, 3.63) is 35.9 Å². The first kappa shape index (κ1) is 8.26. The van der Waals surface area contributed by atoms with Crippen molar-refractivity contribution in [2.24, 2.45) is 5.73 Å². The fourth-order valence-corrected chi connectivity index (χ4v) is 1.48. The Kier molecular flexibility index (Phi) is 2.02. The molecule has 0 unspecified atom stereocenters. The fourth-order valence-electron chi connectivity index (χ4n) is 1.48. The molecule has 2 heterocycles. The molecule has 0 bridgehead atoms. The lowest BCUT2D eigenvalue weighted by Gasteiger charge is -2.01. The van der Waals surface area contributed by atoms with Crippen LogP contribution in [0.3, 0.4) is 0 Å². The van der Waals surface area contributed by atoms with Gasteiger partial charge >= 0.3 is 0 Å². The third-order valence-electron chi connectivity index (χ3n) is 2.21. The third-order valence-corrected chi connectivity index (χ3v) is 2.21. The molecule has 2 N–H and O–H groups in total. The van der Waals surface area contributed by atoms with Crippen LogP contribution in [0, 0.1) is 6.92 Å². The minimum absolute atomic E-state index is 0.694. The first-order chi connectivity index (χ1) is 6.31. The van der Waals surface area contributed by atoms with Crippen LogP contribution in [0.2, 0.25) is 0 Å². The quantitative estimate of drug-likeness (QED) is 0.744. The van der Waals surface area contributed by atoms with E-state index in [0.717, 1.165) is 17.8 Å². The standard InChI is InChI=1S/C10H13N3/c1-8-12-6-10-3-2-9(4-5-11)7-13(8)10/h2-3,6-7H,4-5,11H2,1H3. The Hall–Kier alpha value is -1.35. The Balaban J connectivity index is 2.53. The molecule has 2 rings (SSSR count). The molecule has 0 saturated heterocycles. The van der Waals surface area contributed by atoms with Gasteiger partial charge in [-0.3, -0.25) is 0 Å². The molecule has 0 aliphatic carbocycles. The zero-order valence-corrected chi connectivity index (χ0v) is 7.70. The highest BCUT2D eigenvalue weighted by Crippen LogP contribution is 2.08. The van der Waals surface area contributed by atoms with Gasteiger partial charge in [0.1, 0.15) is 5.82 Å². The van der Waals surface area contributed by atoms with E-state index in [-0.39, 0.29) is 0 Å². The number of hydrogen-bond acceptors (Lipinski definition) is 2. The second-order valence-electron chi connectivity index (χ2n) is 3.18. The molecule has 3 nitrogen and oxygen atoms in total. The topological polar surface area (TPSA) is 43.3 Å². The number of hydrogen-bond donors (Lipinski definition) is 1. The van der Waals surface area contributed by atoms with Crippen molar-refractivity contribution in [2.75, 3.05) is 6.54 Å². The van der Waals surface area contributed by atoms with Gasteiger partial charge in [-0.05, 0) is 31.5 Å². The molecule has 0 radical (unpaired) electrons. The summed E-state index contributed by atoms with van der Waals surface area (Å²) in [5, 5.41) is 0. The van der Waals surface area contributed by atoms with Gasteiger partial charge in [-0.15, -0.1) is 0 Å². The number of rotatable bonds is 2. The van der Waals surface area contributed by atoms with Crippen LogP contribution in [0.5, 0.6) is 0 Å². The van der Waals surface area contributed by atoms with Crippen LogP contribution in [0.4, 0.5) is 0 Å². The summed E-state index contributed by atoms with van der Waals surface area (Å²) in [4.78, 5) is 4.23. The Bertz CT molecular complexity index is 417.